The van der Waals surface area contributed by atoms with Crippen molar-refractivity contribution in [2.45, 2.75) is 32.9 Å². The van der Waals surface area contributed by atoms with Gasteiger partial charge in [0.05, 0.1) is 12.2 Å². The van der Waals surface area contributed by atoms with Gasteiger partial charge in [0.1, 0.15) is 23.4 Å². The molecule has 2 heterocycles. The number of benzene rings is 2. The summed E-state index contributed by atoms with van der Waals surface area (Å²) < 4.78 is 19.0. The Kier molecular flexibility index (Phi) is 6.60. The summed E-state index contributed by atoms with van der Waals surface area (Å²) in [4.78, 5) is 28.5. The van der Waals surface area contributed by atoms with Gasteiger partial charge in [-0.1, -0.05) is 31.2 Å². The molecule has 0 spiro atoms. The van der Waals surface area contributed by atoms with E-state index in [0.717, 1.165) is 16.9 Å². The Labute approximate surface area is 195 Å². The Morgan fingerprint density at radius 1 is 1.15 bits per heavy atom. The van der Waals surface area contributed by atoms with E-state index in [0.29, 0.717) is 23.5 Å². The van der Waals surface area contributed by atoms with Gasteiger partial charge < -0.3 is 14.7 Å². The number of aliphatic hydroxyl groups excluding tert-OH is 1. The zero-order chi connectivity index (χ0) is 23.5. The molecule has 1 fully saturated rings. The van der Waals surface area contributed by atoms with E-state index in [1.165, 1.54) is 28.4 Å². The van der Waals surface area contributed by atoms with Gasteiger partial charge in [0.25, 0.3) is 11.7 Å². The lowest BCUT2D eigenvalue weighted by molar-refractivity contribution is -0.140. The highest BCUT2D eigenvalue weighted by Gasteiger charge is 2.47. The normalized spacial score (nSPS) is 17.5. The van der Waals surface area contributed by atoms with Gasteiger partial charge in [-0.15, -0.1) is 11.3 Å². The molecule has 0 aliphatic carbocycles. The molecule has 33 heavy (non-hydrogen) atoms. The van der Waals surface area contributed by atoms with Crippen LogP contribution in [-0.4, -0.2) is 28.3 Å². The Morgan fingerprint density at radius 3 is 2.58 bits per heavy atom. The van der Waals surface area contributed by atoms with E-state index in [9.17, 15) is 19.1 Å². The van der Waals surface area contributed by atoms with Gasteiger partial charge in [0.15, 0.2) is 0 Å². The van der Waals surface area contributed by atoms with Gasteiger partial charge in [-0.25, -0.2) is 4.39 Å². The number of ketones is 1. The predicted molar refractivity (Wildman–Crippen MR) is 126 cm³/mol. The maximum absolute atomic E-state index is 13.4. The predicted octanol–water partition coefficient (Wildman–Crippen LogP) is 5.61. The van der Waals surface area contributed by atoms with Crippen molar-refractivity contribution in [3.63, 3.8) is 0 Å². The minimum atomic E-state index is -0.743. The summed E-state index contributed by atoms with van der Waals surface area (Å²) in [7, 11) is 0. The van der Waals surface area contributed by atoms with E-state index in [2.05, 4.69) is 0 Å². The maximum atomic E-state index is 13.4. The number of halogens is 1. The second-order valence-corrected chi connectivity index (χ2v) is 8.85. The molecule has 1 aliphatic rings. The zero-order valence-electron chi connectivity index (χ0n) is 18.4. The van der Waals surface area contributed by atoms with Crippen molar-refractivity contribution >= 4 is 28.8 Å². The first-order valence-electron chi connectivity index (χ1n) is 10.7. The average molecular weight is 466 g/mol. The SMILES string of the molecule is CCCOc1cccc(/C(O)=C2/C(=O)C(=O)N(Cc3ccc(F)cc3)C2c2sccc2C)c1. The molecule has 1 aromatic heterocycles. The third-order valence-electron chi connectivity index (χ3n) is 5.54. The van der Waals surface area contributed by atoms with Crippen LogP contribution in [0.25, 0.3) is 5.76 Å². The van der Waals surface area contributed by atoms with Crippen LogP contribution >= 0.6 is 11.3 Å². The highest BCUT2D eigenvalue weighted by Crippen LogP contribution is 2.43. The number of hydrogen-bond donors (Lipinski definition) is 1. The summed E-state index contributed by atoms with van der Waals surface area (Å²) in [5.41, 5.74) is 2.05. The fourth-order valence-corrected chi connectivity index (χ4v) is 4.92. The minimum Gasteiger partial charge on any atom is -0.507 e. The number of aryl methyl sites for hydroxylation is 1. The summed E-state index contributed by atoms with van der Waals surface area (Å²) in [6, 6.07) is 13.8. The van der Waals surface area contributed by atoms with Crippen molar-refractivity contribution < 1.29 is 23.8 Å². The number of nitrogens with zero attached hydrogens (tertiary/aromatic N) is 1. The van der Waals surface area contributed by atoms with Gasteiger partial charge in [-0.2, -0.15) is 0 Å². The van der Waals surface area contributed by atoms with E-state index in [1.807, 2.05) is 25.3 Å². The molecule has 1 saturated heterocycles. The van der Waals surface area contributed by atoms with Gasteiger partial charge in [0.2, 0.25) is 0 Å². The molecule has 0 bridgehead atoms. The van der Waals surface area contributed by atoms with Gasteiger partial charge in [-0.05, 0) is 60.2 Å². The molecule has 7 heteroatoms. The molecule has 1 atom stereocenters. The summed E-state index contributed by atoms with van der Waals surface area (Å²) in [5.74, 6) is -1.49. The molecule has 1 amide bonds. The molecular weight excluding hydrogens is 441 g/mol. The van der Waals surface area contributed by atoms with E-state index >= 15 is 0 Å². The van der Waals surface area contributed by atoms with Crippen molar-refractivity contribution in [2.75, 3.05) is 6.61 Å². The highest BCUT2D eigenvalue weighted by molar-refractivity contribution is 7.10. The molecule has 1 N–H and O–H groups in total. The fraction of sp³-hybridized carbons (Fsp3) is 0.231. The quantitative estimate of drug-likeness (QED) is 0.280. The zero-order valence-corrected chi connectivity index (χ0v) is 19.2. The lowest BCUT2D eigenvalue weighted by atomic mass is 9.98. The number of rotatable bonds is 7. The molecule has 3 aromatic rings. The summed E-state index contributed by atoms with van der Waals surface area (Å²) in [6.45, 7) is 4.54. The van der Waals surface area contributed by atoms with Crippen molar-refractivity contribution in [2.24, 2.45) is 0 Å². The smallest absolute Gasteiger partial charge is 0.295 e. The maximum Gasteiger partial charge on any atom is 0.295 e. The Hall–Kier alpha value is -3.45. The third kappa shape index (κ3) is 4.54. The van der Waals surface area contributed by atoms with E-state index in [1.54, 1.807) is 36.4 Å². The van der Waals surface area contributed by atoms with Crippen LogP contribution in [0.3, 0.4) is 0 Å². The number of likely N-dealkylation sites (tertiary alicyclic amines) is 1. The van der Waals surface area contributed by atoms with Crippen LogP contribution in [0.1, 0.15) is 41.0 Å². The van der Waals surface area contributed by atoms with Crippen LogP contribution in [0.15, 0.2) is 65.6 Å². The largest absolute Gasteiger partial charge is 0.507 e. The second-order valence-electron chi connectivity index (χ2n) is 7.90. The van der Waals surface area contributed by atoms with Crippen LogP contribution in [-0.2, 0) is 16.1 Å². The number of hydrogen-bond acceptors (Lipinski definition) is 5. The fourth-order valence-electron chi connectivity index (χ4n) is 3.88. The number of ether oxygens (including phenoxy) is 1. The summed E-state index contributed by atoms with van der Waals surface area (Å²) in [6.07, 6.45) is 0.836. The van der Waals surface area contributed by atoms with E-state index in [4.69, 9.17) is 4.74 Å². The molecule has 1 unspecified atom stereocenters. The molecule has 4 rings (SSSR count). The van der Waals surface area contributed by atoms with Crippen LogP contribution in [0, 0.1) is 12.7 Å². The summed E-state index contributed by atoms with van der Waals surface area (Å²) >= 11 is 1.42. The first kappa shape index (κ1) is 22.7. The number of aliphatic hydroxyl groups is 1. The monoisotopic (exact) mass is 465 g/mol. The molecule has 0 radical (unpaired) electrons. The number of carbonyl (C=O) groups excluding carboxylic acids is 2. The first-order valence-corrected chi connectivity index (χ1v) is 11.6. The number of carbonyl (C=O) groups is 2. The van der Waals surface area contributed by atoms with Crippen LogP contribution < -0.4 is 4.74 Å². The Morgan fingerprint density at radius 2 is 1.91 bits per heavy atom. The molecule has 170 valence electrons. The van der Waals surface area contributed by atoms with Crippen LogP contribution in [0.4, 0.5) is 4.39 Å². The Balaban J connectivity index is 1.80. The average Bonchev–Trinajstić information content (AvgIpc) is 3.34. The lowest BCUT2D eigenvalue weighted by Crippen LogP contribution is -2.29. The number of Topliss-reactive ketones (excluding diaryl/α,β-unsaturated/α-hetero) is 1. The summed E-state index contributed by atoms with van der Waals surface area (Å²) in [5, 5.41) is 13.1. The lowest BCUT2D eigenvalue weighted by Gasteiger charge is -2.25. The molecule has 5 nitrogen and oxygen atoms in total. The Bertz CT molecular complexity index is 1220. The van der Waals surface area contributed by atoms with Gasteiger partial charge in [0, 0.05) is 17.0 Å². The van der Waals surface area contributed by atoms with Crippen molar-refractivity contribution in [3.8, 4) is 5.75 Å². The number of thiophene rings is 1. The van der Waals surface area contributed by atoms with Crippen molar-refractivity contribution in [1.29, 1.82) is 0 Å². The molecule has 2 aromatic carbocycles. The van der Waals surface area contributed by atoms with Crippen LogP contribution in [0.2, 0.25) is 0 Å². The highest BCUT2D eigenvalue weighted by atomic mass is 32.1. The van der Waals surface area contributed by atoms with Crippen LogP contribution in [0.5, 0.6) is 5.75 Å². The minimum absolute atomic E-state index is 0.0419. The van der Waals surface area contributed by atoms with Crippen molar-refractivity contribution in [1.82, 2.24) is 4.90 Å². The first-order chi connectivity index (χ1) is 15.9. The molecular formula is C26H24FNO4S. The molecule has 1 aliphatic heterocycles. The van der Waals surface area contributed by atoms with E-state index in [-0.39, 0.29) is 23.7 Å². The standard InChI is InChI=1S/C26H24FNO4S/c1-3-12-32-20-6-4-5-18(14-20)23(29)21-22(25-16(2)11-13-33-25)28(26(31)24(21)30)15-17-7-9-19(27)10-8-17/h4-11,13-14,22,29H,3,12,15H2,1-2H3/b23-21-. The van der Waals surface area contributed by atoms with Gasteiger partial charge >= 0.3 is 0 Å². The molecule has 0 saturated carbocycles. The van der Waals surface area contributed by atoms with Gasteiger partial charge in [-0.3, -0.25) is 9.59 Å². The number of amides is 1. The van der Waals surface area contributed by atoms with Crippen molar-refractivity contribution in [3.05, 3.63) is 92.9 Å². The second kappa shape index (κ2) is 9.58. The third-order valence-corrected chi connectivity index (χ3v) is 6.61. The topological polar surface area (TPSA) is 66.8 Å². The van der Waals surface area contributed by atoms with E-state index < -0.39 is 17.7 Å².